The van der Waals surface area contributed by atoms with E-state index in [4.69, 9.17) is 14.8 Å². The summed E-state index contributed by atoms with van der Waals surface area (Å²) in [6, 6.07) is 4.93. The van der Waals surface area contributed by atoms with Gasteiger partial charge in [0.05, 0.1) is 13.7 Å². The second-order valence-electron chi connectivity index (χ2n) is 3.93. The van der Waals surface area contributed by atoms with Gasteiger partial charge in [-0.25, -0.2) is 0 Å². The second-order valence-corrected chi connectivity index (χ2v) is 3.93. The number of carbonyl (C=O) groups is 1. The lowest BCUT2D eigenvalue weighted by molar-refractivity contribution is -0.140. The van der Waals surface area contributed by atoms with Crippen molar-refractivity contribution in [1.82, 2.24) is 0 Å². The van der Waals surface area contributed by atoms with Crippen LogP contribution in [0.4, 0.5) is 0 Å². The Labute approximate surface area is 106 Å². The number of hydrogen-bond donors (Lipinski definition) is 2. The second kappa shape index (κ2) is 7.03. The van der Waals surface area contributed by atoms with Gasteiger partial charge in [0, 0.05) is 6.42 Å². The van der Waals surface area contributed by atoms with Gasteiger partial charge >= 0.3 is 13.1 Å². The first-order chi connectivity index (χ1) is 8.54. The van der Waals surface area contributed by atoms with Gasteiger partial charge < -0.3 is 19.5 Å². The van der Waals surface area contributed by atoms with Crippen molar-refractivity contribution in [2.45, 2.75) is 19.8 Å². The third kappa shape index (κ3) is 4.39. The largest absolute Gasteiger partial charge is 0.493 e. The summed E-state index contributed by atoms with van der Waals surface area (Å²) in [6.45, 7) is 2.23. The highest BCUT2D eigenvalue weighted by Crippen LogP contribution is 2.15. The molecular formula is C12H17BO5. The predicted octanol–water partition coefficient (Wildman–Crippen LogP) is 0.00682. The fourth-order valence-electron chi connectivity index (χ4n) is 1.50. The number of methoxy groups -OCH3 is 1. The van der Waals surface area contributed by atoms with E-state index in [9.17, 15) is 4.79 Å². The van der Waals surface area contributed by atoms with Crippen LogP contribution in [0, 0.1) is 6.92 Å². The Kier molecular flexibility index (Phi) is 5.68. The van der Waals surface area contributed by atoms with E-state index in [1.807, 2.05) is 6.92 Å². The Bertz CT molecular complexity index is 405. The average molecular weight is 252 g/mol. The minimum atomic E-state index is -1.47. The molecule has 2 N–H and O–H groups in total. The van der Waals surface area contributed by atoms with Gasteiger partial charge in [-0.15, -0.1) is 0 Å². The van der Waals surface area contributed by atoms with Gasteiger partial charge in [-0.3, -0.25) is 4.79 Å². The Morgan fingerprint density at radius 1 is 1.39 bits per heavy atom. The zero-order valence-corrected chi connectivity index (χ0v) is 10.5. The van der Waals surface area contributed by atoms with Crippen LogP contribution < -0.4 is 10.2 Å². The molecular weight excluding hydrogens is 235 g/mol. The zero-order chi connectivity index (χ0) is 13.5. The van der Waals surface area contributed by atoms with E-state index >= 15 is 0 Å². The topological polar surface area (TPSA) is 76.0 Å². The van der Waals surface area contributed by atoms with E-state index < -0.39 is 7.12 Å². The van der Waals surface area contributed by atoms with E-state index in [2.05, 4.69) is 4.74 Å². The van der Waals surface area contributed by atoms with Gasteiger partial charge in [-0.05, 0) is 30.4 Å². The molecule has 0 atom stereocenters. The maximum Gasteiger partial charge on any atom is 0.488 e. The molecule has 0 aliphatic carbocycles. The van der Waals surface area contributed by atoms with Crippen molar-refractivity contribution in [3.63, 3.8) is 0 Å². The molecule has 0 amide bonds. The molecule has 0 heterocycles. The average Bonchev–Trinajstić information content (AvgIpc) is 2.35. The van der Waals surface area contributed by atoms with Gasteiger partial charge in [0.2, 0.25) is 0 Å². The van der Waals surface area contributed by atoms with Crippen LogP contribution in [0.5, 0.6) is 5.75 Å². The third-order valence-electron chi connectivity index (χ3n) is 2.51. The van der Waals surface area contributed by atoms with E-state index in [1.165, 1.54) is 7.11 Å². The molecule has 0 aromatic heterocycles. The van der Waals surface area contributed by atoms with E-state index in [0.29, 0.717) is 30.7 Å². The summed E-state index contributed by atoms with van der Waals surface area (Å²) in [6.07, 6.45) is 0.902. The lowest BCUT2D eigenvalue weighted by atomic mass is 9.79. The number of carbonyl (C=O) groups excluding carboxylic acids is 1. The number of aryl methyl sites for hydroxylation is 1. The van der Waals surface area contributed by atoms with Crippen LogP contribution >= 0.6 is 0 Å². The van der Waals surface area contributed by atoms with Crippen LogP contribution in [0.25, 0.3) is 0 Å². The van der Waals surface area contributed by atoms with Gasteiger partial charge in [0.25, 0.3) is 0 Å². The van der Waals surface area contributed by atoms with E-state index in [-0.39, 0.29) is 5.97 Å². The van der Waals surface area contributed by atoms with Gasteiger partial charge in [0.15, 0.2) is 0 Å². The Hall–Kier alpha value is -1.53. The molecule has 0 fully saturated rings. The molecule has 0 aliphatic rings. The number of ether oxygens (including phenoxy) is 2. The van der Waals surface area contributed by atoms with Crippen molar-refractivity contribution in [1.29, 1.82) is 0 Å². The molecule has 1 aromatic rings. The maximum atomic E-state index is 10.9. The minimum absolute atomic E-state index is 0.255. The van der Waals surface area contributed by atoms with E-state index in [1.54, 1.807) is 18.2 Å². The summed E-state index contributed by atoms with van der Waals surface area (Å²) < 4.78 is 10.0. The third-order valence-corrected chi connectivity index (χ3v) is 2.51. The fraction of sp³-hybridized carbons (Fsp3) is 0.417. The minimum Gasteiger partial charge on any atom is -0.493 e. The summed E-state index contributed by atoms with van der Waals surface area (Å²) in [5, 5.41) is 18.0. The molecule has 5 nitrogen and oxygen atoms in total. The Morgan fingerprint density at radius 2 is 2.11 bits per heavy atom. The first-order valence-corrected chi connectivity index (χ1v) is 5.71. The SMILES string of the molecule is COC(=O)CCCOc1ccc(B(O)O)cc1C. The van der Waals surface area contributed by atoms with Crippen molar-refractivity contribution in [2.75, 3.05) is 13.7 Å². The van der Waals surface area contributed by atoms with Crippen molar-refractivity contribution >= 4 is 18.6 Å². The van der Waals surface area contributed by atoms with Gasteiger partial charge in [0.1, 0.15) is 5.75 Å². The molecule has 0 bridgehead atoms. The monoisotopic (exact) mass is 252 g/mol. The molecule has 0 saturated carbocycles. The van der Waals surface area contributed by atoms with Crippen molar-refractivity contribution in [2.24, 2.45) is 0 Å². The van der Waals surface area contributed by atoms with Crippen LogP contribution in [-0.4, -0.2) is 36.9 Å². The van der Waals surface area contributed by atoms with Crippen LogP contribution in [0.3, 0.4) is 0 Å². The summed E-state index contributed by atoms with van der Waals surface area (Å²) in [7, 11) is -0.121. The molecule has 0 spiro atoms. The number of esters is 1. The molecule has 0 aliphatic heterocycles. The van der Waals surface area contributed by atoms with E-state index in [0.717, 1.165) is 5.56 Å². The first kappa shape index (κ1) is 14.5. The first-order valence-electron chi connectivity index (χ1n) is 5.71. The van der Waals surface area contributed by atoms with Crippen LogP contribution in [0.15, 0.2) is 18.2 Å². The van der Waals surface area contributed by atoms with Crippen LogP contribution in [-0.2, 0) is 9.53 Å². The molecule has 1 rings (SSSR count). The number of benzene rings is 1. The molecule has 18 heavy (non-hydrogen) atoms. The maximum absolute atomic E-state index is 10.9. The molecule has 1 aromatic carbocycles. The molecule has 0 saturated heterocycles. The summed E-state index contributed by atoms with van der Waals surface area (Å²) in [4.78, 5) is 10.9. The molecule has 0 unspecified atom stereocenters. The van der Waals surface area contributed by atoms with Crippen molar-refractivity contribution < 1.29 is 24.3 Å². The zero-order valence-electron chi connectivity index (χ0n) is 10.5. The lowest BCUT2D eigenvalue weighted by Gasteiger charge is -2.10. The van der Waals surface area contributed by atoms with Crippen molar-refractivity contribution in [3.05, 3.63) is 23.8 Å². The summed E-state index contributed by atoms with van der Waals surface area (Å²) >= 11 is 0. The summed E-state index contributed by atoms with van der Waals surface area (Å²) in [5.74, 6) is 0.415. The quantitative estimate of drug-likeness (QED) is 0.423. The van der Waals surface area contributed by atoms with Crippen LogP contribution in [0.2, 0.25) is 0 Å². The highest BCUT2D eigenvalue weighted by molar-refractivity contribution is 6.58. The van der Waals surface area contributed by atoms with Gasteiger partial charge in [-0.1, -0.05) is 12.1 Å². The van der Waals surface area contributed by atoms with Crippen LogP contribution in [0.1, 0.15) is 18.4 Å². The standard InChI is InChI=1S/C12H17BO5/c1-9-8-10(13(15)16)5-6-11(9)18-7-3-4-12(14)17-2/h5-6,8,15-16H,3-4,7H2,1-2H3. The lowest BCUT2D eigenvalue weighted by Crippen LogP contribution is -2.29. The Morgan fingerprint density at radius 3 is 2.67 bits per heavy atom. The predicted molar refractivity (Wildman–Crippen MR) is 67.7 cm³/mol. The molecule has 0 radical (unpaired) electrons. The Balaban J connectivity index is 2.45. The molecule has 6 heteroatoms. The van der Waals surface area contributed by atoms with Crippen molar-refractivity contribution in [3.8, 4) is 5.75 Å². The van der Waals surface area contributed by atoms with Gasteiger partial charge in [-0.2, -0.15) is 0 Å². The highest BCUT2D eigenvalue weighted by Gasteiger charge is 2.12. The summed E-state index contributed by atoms with van der Waals surface area (Å²) in [5.41, 5.74) is 1.24. The molecule has 98 valence electrons. The normalized spacial score (nSPS) is 10.0. The number of rotatable bonds is 6. The highest BCUT2D eigenvalue weighted by atomic mass is 16.5. The number of hydrogen-bond acceptors (Lipinski definition) is 5. The smallest absolute Gasteiger partial charge is 0.488 e. The fourth-order valence-corrected chi connectivity index (χ4v) is 1.50.